The van der Waals surface area contributed by atoms with Gasteiger partial charge in [0.1, 0.15) is 0 Å². The highest BCUT2D eigenvalue weighted by Crippen LogP contribution is 2.55. The number of aryl methyl sites for hydroxylation is 1. The lowest BCUT2D eigenvalue weighted by atomic mass is 9.65. The van der Waals surface area contributed by atoms with E-state index < -0.39 is 5.41 Å². The van der Waals surface area contributed by atoms with Gasteiger partial charge in [0.05, 0.1) is 5.41 Å². The standard InChI is InChI=1S/C59H44/c1-39-31-36-49-51(37-39)56(52-38-54-57(46-26-14-13-25-45(46)52)50-29-17-18-30-53(50)58(54,2)3)48-28-16-15-27-47(48)55(49)40-32-34-44(35-33-40)59(41-19-7-4-8-20-41,42-21-9-5-10-22-42)43-23-11-6-12-24-43/h4-38H,1-3H3. The Balaban J connectivity index is 1.18. The molecule has 0 saturated carbocycles. The average molecular weight is 753 g/mol. The summed E-state index contributed by atoms with van der Waals surface area (Å²) in [4.78, 5) is 0. The first-order valence-electron chi connectivity index (χ1n) is 20.9. The maximum Gasteiger partial charge on any atom is 0.0701 e. The fourth-order valence-electron chi connectivity index (χ4n) is 10.6. The Hall–Kier alpha value is -7.02. The van der Waals surface area contributed by atoms with Crippen LogP contribution in [0.1, 0.15) is 52.8 Å². The second-order valence-electron chi connectivity index (χ2n) is 16.8. The van der Waals surface area contributed by atoms with Crippen molar-refractivity contribution in [2.24, 2.45) is 0 Å². The molecule has 59 heavy (non-hydrogen) atoms. The minimum absolute atomic E-state index is 0.123. The number of benzene rings is 10. The van der Waals surface area contributed by atoms with E-state index >= 15 is 0 Å². The average Bonchev–Trinajstić information content (AvgIpc) is 3.52. The van der Waals surface area contributed by atoms with E-state index in [1.807, 2.05) is 0 Å². The zero-order chi connectivity index (χ0) is 39.7. The quantitative estimate of drug-likeness (QED) is 0.117. The van der Waals surface area contributed by atoms with E-state index in [0.717, 1.165) is 0 Å². The molecule has 10 aromatic rings. The summed E-state index contributed by atoms with van der Waals surface area (Å²) in [5.74, 6) is 0. The molecule has 0 spiro atoms. The van der Waals surface area contributed by atoms with Crippen molar-refractivity contribution in [3.05, 3.63) is 251 Å². The van der Waals surface area contributed by atoms with Crippen molar-refractivity contribution in [2.45, 2.75) is 31.6 Å². The number of fused-ring (bicyclic) bond motifs is 7. The van der Waals surface area contributed by atoms with Gasteiger partial charge in [0, 0.05) is 5.41 Å². The van der Waals surface area contributed by atoms with Crippen molar-refractivity contribution >= 4 is 32.3 Å². The monoisotopic (exact) mass is 752 g/mol. The molecule has 10 aromatic carbocycles. The zero-order valence-electron chi connectivity index (χ0n) is 33.7. The molecule has 0 amide bonds. The Morgan fingerprint density at radius 3 is 1.37 bits per heavy atom. The van der Waals surface area contributed by atoms with Gasteiger partial charge in [-0.3, -0.25) is 0 Å². The van der Waals surface area contributed by atoms with E-state index in [-0.39, 0.29) is 5.41 Å². The van der Waals surface area contributed by atoms with Crippen molar-refractivity contribution in [1.29, 1.82) is 0 Å². The minimum Gasteiger partial charge on any atom is -0.0622 e. The molecule has 0 nitrogen and oxygen atoms in total. The Kier molecular flexibility index (Phi) is 8.07. The van der Waals surface area contributed by atoms with Crippen LogP contribution in [-0.4, -0.2) is 0 Å². The third kappa shape index (κ3) is 5.23. The van der Waals surface area contributed by atoms with Crippen molar-refractivity contribution < 1.29 is 0 Å². The summed E-state index contributed by atoms with van der Waals surface area (Å²) in [6.45, 7) is 7.01. The molecule has 11 rings (SSSR count). The maximum absolute atomic E-state index is 2.53. The van der Waals surface area contributed by atoms with Gasteiger partial charge < -0.3 is 0 Å². The highest BCUT2D eigenvalue weighted by molar-refractivity contribution is 6.24. The topological polar surface area (TPSA) is 0 Å². The van der Waals surface area contributed by atoms with Crippen molar-refractivity contribution in [2.75, 3.05) is 0 Å². The highest BCUT2D eigenvalue weighted by atomic mass is 14.4. The molecule has 0 unspecified atom stereocenters. The summed E-state index contributed by atoms with van der Waals surface area (Å²) in [6, 6.07) is 79.2. The minimum atomic E-state index is -0.504. The van der Waals surface area contributed by atoms with E-state index in [1.165, 1.54) is 105 Å². The van der Waals surface area contributed by atoms with Crippen LogP contribution in [-0.2, 0) is 10.8 Å². The van der Waals surface area contributed by atoms with Gasteiger partial charge in [-0.2, -0.15) is 0 Å². The van der Waals surface area contributed by atoms with Crippen LogP contribution in [0.15, 0.2) is 212 Å². The molecule has 0 saturated heterocycles. The summed E-state index contributed by atoms with van der Waals surface area (Å²) in [5, 5.41) is 7.71. The van der Waals surface area contributed by atoms with Crippen molar-refractivity contribution in [3.8, 4) is 33.4 Å². The Morgan fingerprint density at radius 1 is 0.322 bits per heavy atom. The smallest absolute Gasteiger partial charge is 0.0622 e. The van der Waals surface area contributed by atoms with Crippen LogP contribution in [0.25, 0.3) is 65.7 Å². The molecule has 0 fully saturated rings. The second-order valence-corrected chi connectivity index (χ2v) is 16.8. The predicted octanol–water partition coefficient (Wildman–Crippen LogP) is 15.5. The van der Waals surface area contributed by atoms with E-state index in [9.17, 15) is 0 Å². The lowest BCUT2D eigenvalue weighted by molar-refractivity contribution is 0.661. The summed E-state index contributed by atoms with van der Waals surface area (Å²) in [7, 11) is 0. The second kappa shape index (κ2) is 13.5. The fraction of sp³-hybridized carbons (Fsp3) is 0.0847. The largest absolute Gasteiger partial charge is 0.0701 e. The zero-order valence-corrected chi connectivity index (χ0v) is 33.7. The van der Waals surface area contributed by atoms with Gasteiger partial charge in [-0.15, -0.1) is 0 Å². The number of hydrogen-bond donors (Lipinski definition) is 0. The van der Waals surface area contributed by atoms with Crippen LogP contribution in [0, 0.1) is 6.92 Å². The Bertz CT molecular complexity index is 3110. The van der Waals surface area contributed by atoms with Crippen LogP contribution in [0.5, 0.6) is 0 Å². The molecule has 0 heteroatoms. The molecule has 0 atom stereocenters. The third-order valence-corrected chi connectivity index (χ3v) is 13.3. The van der Waals surface area contributed by atoms with Crippen LogP contribution in [0.3, 0.4) is 0 Å². The molecular formula is C59H44. The third-order valence-electron chi connectivity index (χ3n) is 13.3. The van der Waals surface area contributed by atoms with Crippen molar-refractivity contribution in [1.82, 2.24) is 0 Å². The predicted molar refractivity (Wildman–Crippen MR) is 250 cm³/mol. The molecule has 280 valence electrons. The van der Waals surface area contributed by atoms with Gasteiger partial charge in [-0.05, 0) is 112 Å². The highest BCUT2D eigenvalue weighted by Gasteiger charge is 2.39. The van der Waals surface area contributed by atoms with Gasteiger partial charge in [0.15, 0.2) is 0 Å². The van der Waals surface area contributed by atoms with Gasteiger partial charge in [0.2, 0.25) is 0 Å². The number of hydrogen-bond acceptors (Lipinski definition) is 0. The first-order valence-corrected chi connectivity index (χ1v) is 20.9. The summed E-state index contributed by atoms with van der Waals surface area (Å²) in [5.41, 5.74) is 16.2. The van der Waals surface area contributed by atoms with E-state index in [2.05, 4.69) is 233 Å². The molecule has 0 bridgehead atoms. The Labute approximate surface area is 347 Å². The van der Waals surface area contributed by atoms with Crippen LogP contribution >= 0.6 is 0 Å². The van der Waals surface area contributed by atoms with Crippen molar-refractivity contribution in [3.63, 3.8) is 0 Å². The Morgan fingerprint density at radius 2 is 0.780 bits per heavy atom. The van der Waals surface area contributed by atoms with Gasteiger partial charge >= 0.3 is 0 Å². The SMILES string of the molecule is Cc1ccc2c(-c3ccc(C(c4ccccc4)(c4ccccc4)c4ccccc4)cc3)c3ccccc3c(-c3cc4c(c5ccccc35)-c3ccccc3C4(C)C)c2c1. The fourth-order valence-corrected chi connectivity index (χ4v) is 10.6. The van der Waals surface area contributed by atoms with E-state index in [0.29, 0.717) is 0 Å². The molecule has 0 radical (unpaired) electrons. The first kappa shape index (κ1) is 35.2. The molecule has 0 N–H and O–H groups in total. The van der Waals surface area contributed by atoms with E-state index in [1.54, 1.807) is 0 Å². The lowest BCUT2D eigenvalue weighted by Gasteiger charge is -2.37. The van der Waals surface area contributed by atoms with Crippen LogP contribution < -0.4 is 0 Å². The van der Waals surface area contributed by atoms with Crippen LogP contribution in [0.4, 0.5) is 0 Å². The molecule has 0 heterocycles. The van der Waals surface area contributed by atoms with Gasteiger partial charge in [-0.25, -0.2) is 0 Å². The van der Waals surface area contributed by atoms with E-state index in [4.69, 9.17) is 0 Å². The van der Waals surface area contributed by atoms with Gasteiger partial charge in [-0.1, -0.05) is 226 Å². The van der Waals surface area contributed by atoms with Crippen LogP contribution in [0.2, 0.25) is 0 Å². The summed E-state index contributed by atoms with van der Waals surface area (Å²) < 4.78 is 0. The summed E-state index contributed by atoms with van der Waals surface area (Å²) >= 11 is 0. The lowest BCUT2D eigenvalue weighted by Crippen LogP contribution is -2.30. The molecular weight excluding hydrogens is 709 g/mol. The number of rotatable bonds is 6. The van der Waals surface area contributed by atoms with Gasteiger partial charge in [0.25, 0.3) is 0 Å². The molecule has 0 aliphatic heterocycles. The maximum atomic E-state index is 2.53. The normalized spacial score (nSPS) is 13.1. The molecule has 0 aromatic heterocycles. The molecule has 1 aliphatic rings. The summed E-state index contributed by atoms with van der Waals surface area (Å²) in [6.07, 6.45) is 0. The molecule has 1 aliphatic carbocycles. The first-order chi connectivity index (χ1) is 29.0.